The highest BCUT2D eigenvalue weighted by Crippen LogP contribution is 2.31. The molecule has 0 saturated heterocycles. The Morgan fingerprint density at radius 3 is 2.67 bits per heavy atom. The van der Waals surface area contributed by atoms with Crippen LogP contribution in [0.2, 0.25) is 0 Å². The van der Waals surface area contributed by atoms with Gasteiger partial charge in [-0.2, -0.15) is 0 Å². The van der Waals surface area contributed by atoms with E-state index in [4.69, 9.17) is 9.15 Å². The smallest absolute Gasteiger partial charge is 0.340 e. The number of para-hydroxylation sites is 1. The summed E-state index contributed by atoms with van der Waals surface area (Å²) in [6, 6.07) is 7.71. The minimum atomic E-state index is -1.68. The maximum atomic E-state index is 13.1. The van der Waals surface area contributed by atoms with Crippen LogP contribution in [0, 0.1) is 5.92 Å². The van der Waals surface area contributed by atoms with Gasteiger partial charge in [0.25, 0.3) is 0 Å². The summed E-state index contributed by atoms with van der Waals surface area (Å²) >= 11 is -1.68. The Labute approximate surface area is 158 Å². The Balaban J connectivity index is 2.27. The average molecular weight is 388 g/mol. The predicted molar refractivity (Wildman–Crippen MR) is 104 cm³/mol. The zero-order valence-corrected chi connectivity index (χ0v) is 16.1. The van der Waals surface area contributed by atoms with E-state index < -0.39 is 22.6 Å². The summed E-state index contributed by atoms with van der Waals surface area (Å²) in [5.41, 5.74) is -0.106. The van der Waals surface area contributed by atoms with Crippen LogP contribution in [0.15, 0.2) is 44.4 Å². The third kappa shape index (κ3) is 3.65. The summed E-state index contributed by atoms with van der Waals surface area (Å²) in [4.78, 5) is 24.5. The van der Waals surface area contributed by atoms with E-state index in [0.29, 0.717) is 23.9 Å². The molecule has 1 atom stereocenters. The van der Waals surface area contributed by atoms with Gasteiger partial charge in [-0.15, -0.1) is 0 Å². The zero-order chi connectivity index (χ0) is 19.7. The summed E-state index contributed by atoms with van der Waals surface area (Å²) in [5, 5.41) is 9.67. The van der Waals surface area contributed by atoms with Crippen molar-refractivity contribution >= 4 is 39.1 Å². The second-order valence-corrected chi connectivity index (χ2v) is 7.99. The number of carbonyl (C=O) groups is 1. The van der Waals surface area contributed by atoms with Crippen molar-refractivity contribution in [3.63, 3.8) is 0 Å². The molecule has 6 nitrogen and oxygen atoms in total. The fraction of sp³-hybridized carbons (Fsp3) is 0.300. The molecule has 2 aromatic carbocycles. The molecule has 0 radical (unpaired) electrons. The van der Waals surface area contributed by atoms with Gasteiger partial charge in [0.15, 0.2) is 16.2 Å². The highest BCUT2D eigenvalue weighted by Gasteiger charge is 2.26. The van der Waals surface area contributed by atoms with Gasteiger partial charge in [0.1, 0.15) is 22.8 Å². The monoisotopic (exact) mass is 388 g/mol. The largest absolute Gasteiger partial charge is 0.612 e. The standard InChI is InChI=1S/C20H20O6S/c1-11(2)9-10-25-15-6-4-5-12-17(21)16-14(26-18(12)15)8-7-13(20(22)23)19(16)27(3)24/h4-8,11H,9-10H2,1-3H3,(H,22,23). The molecular formula is C20H20O6S. The van der Waals surface area contributed by atoms with Gasteiger partial charge in [0.2, 0.25) is 5.43 Å². The number of fused-ring (bicyclic) bond motifs is 2. The average Bonchev–Trinajstić information content (AvgIpc) is 2.61. The second-order valence-electron chi connectivity index (χ2n) is 6.67. The van der Waals surface area contributed by atoms with E-state index in [9.17, 15) is 19.2 Å². The van der Waals surface area contributed by atoms with E-state index in [-0.39, 0.29) is 26.8 Å². The molecule has 142 valence electrons. The predicted octanol–water partition coefficient (Wildman–Crippen LogP) is 3.81. The van der Waals surface area contributed by atoms with Gasteiger partial charge in [0, 0.05) is 0 Å². The lowest BCUT2D eigenvalue weighted by molar-refractivity contribution is 0.0693. The SMILES string of the molecule is CC(C)CCOc1cccc2c(=O)c3c([S+](C)[O-])c(C(=O)O)ccc3oc12. The molecule has 0 aliphatic carbocycles. The summed E-state index contributed by atoms with van der Waals surface area (Å²) in [7, 11) is 0. The number of hydrogen-bond acceptors (Lipinski definition) is 5. The van der Waals surface area contributed by atoms with Crippen molar-refractivity contribution in [3.8, 4) is 5.75 Å². The lowest BCUT2D eigenvalue weighted by Gasteiger charge is -2.13. The second kappa shape index (κ2) is 7.62. The molecule has 0 aliphatic rings. The highest BCUT2D eigenvalue weighted by atomic mass is 32.2. The first kappa shape index (κ1) is 19.3. The summed E-state index contributed by atoms with van der Waals surface area (Å²) in [6.45, 7) is 4.67. The van der Waals surface area contributed by atoms with E-state index in [1.54, 1.807) is 18.2 Å². The topological polar surface area (TPSA) is 99.8 Å². The number of carboxylic acid groups (broad SMARTS) is 1. The van der Waals surface area contributed by atoms with Crippen molar-refractivity contribution in [2.75, 3.05) is 12.9 Å². The molecule has 0 fully saturated rings. The van der Waals surface area contributed by atoms with Crippen molar-refractivity contribution in [1.82, 2.24) is 0 Å². The fourth-order valence-electron chi connectivity index (χ4n) is 2.89. The third-order valence-corrected chi connectivity index (χ3v) is 5.25. The molecule has 7 heteroatoms. The van der Waals surface area contributed by atoms with Crippen molar-refractivity contribution in [1.29, 1.82) is 0 Å². The van der Waals surface area contributed by atoms with Crippen LogP contribution in [-0.2, 0) is 11.2 Å². The van der Waals surface area contributed by atoms with Crippen LogP contribution in [0.5, 0.6) is 5.75 Å². The van der Waals surface area contributed by atoms with Gasteiger partial charge in [0.05, 0.1) is 12.0 Å². The molecular weight excluding hydrogens is 368 g/mol. The Hall–Kier alpha value is -2.51. The van der Waals surface area contributed by atoms with Crippen LogP contribution in [0.25, 0.3) is 21.9 Å². The van der Waals surface area contributed by atoms with E-state index >= 15 is 0 Å². The van der Waals surface area contributed by atoms with Crippen molar-refractivity contribution < 1.29 is 23.6 Å². The highest BCUT2D eigenvalue weighted by molar-refractivity contribution is 7.91. The molecule has 0 amide bonds. The van der Waals surface area contributed by atoms with Crippen LogP contribution >= 0.6 is 0 Å². The Morgan fingerprint density at radius 2 is 2.04 bits per heavy atom. The van der Waals surface area contributed by atoms with Crippen molar-refractivity contribution in [2.45, 2.75) is 25.2 Å². The summed E-state index contributed by atoms with van der Waals surface area (Å²) < 4.78 is 23.9. The number of carboxylic acids is 1. The molecule has 27 heavy (non-hydrogen) atoms. The Bertz CT molecular complexity index is 1070. The minimum absolute atomic E-state index is 0.0261. The maximum Gasteiger partial charge on any atom is 0.340 e. The Morgan fingerprint density at radius 1 is 1.30 bits per heavy atom. The molecule has 0 aliphatic heterocycles. The fourth-order valence-corrected chi connectivity index (χ4v) is 3.84. The zero-order valence-electron chi connectivity index (χ0n) is 15.3. The van der Waals surface area contributed by atoms with Crippen LogP contribution in [0.1, 0.15) is 30.6 Å². The third-order valence-electron chi connectivity index (χ3n) is 4.25. The quantitative estimate of drug-likeness (QED) is 0.509. The molecule has 1 N–H and O–H groups in total. The van der Waals surface area contributed by atoms with Gasteiger partial charge >= 0.3 is 5.97 Å². The van der Waals surface area contributed by atoms with Crippen LogP contribution < -0.4 is 10.2 Å². The molecule has 1 heterocycles. The van der Waals surface area contributed by atoms with Gasteiger partial charge in [-0.1, -0.05) is 19.9 Å². The molecule has 0 bridgehead atoms. The lowest BCUT2D eigenvalue weighted by Crippen LogP contribution is -2.14. The first-order chi connectivity index (χ1) is 12.8. The van der Waals surface area contributed by atoms with Crippen molar-refractivity contribution in [3.05, 3.63) is 46.1 Å². The van der Waals surface area contributed by atoms with Crippen LogP contribution in [-0.4, -0.2) is 28.5 Å². The lowest BCUT2D eigenvalue weighted by atomic mass is 10.1. The molecule has 1 unspecified atom stereocenters. The van der Waals surface area contributed by atoms with Crippen LogP contribution in [0.4, 0.5) is 0 Å². The molecule has 0 saturated carbocycles. The summed E-state index contributed by atoms with van der Waals surface area (Å²) in [5.74, 6) is -0.314. The normalized spacial score (nSPS) is 12.6. The van der Waals surface area contributed by atoms with E-state index in [2.05, 4.69) is 13.8 Å². The molecule has 3 aromatic rings. The van der Waals surface area contributed by atoms with Gasteiger partial charge in [-0.25, -0.2) is 4.79 Å². The molecule has 1 aromatic heterocycles. The minimum Gasteiger partial charge on any atom is -0.612 e. The van der Waals surface area contributed by atoms with Crippen molar-refractivity contribution in [2.24, 2.45) is 5.92 Å². The first-order valence-corrected chi connectivity index (χ1v) is 10.1. The van der Waals surface area contributed by atoms with Gasteiger partial charge in [-0.3, -0.25) is 4.79 Å². The maximum absolute atomic E-state index is 13.1. The number of hydrogen-bond donors (Lipinski definition) is 1. The number of aromatic carboxylic acids is 1. The number of benzene rings is 2. The molecule has 0 spiro atoms. The number of ether oxygens (including phenoxy) is 1. The first-order valence-electron chi connectivity index (χ1n) is 8.53. The Kier molecular flexibility index (Phi) is 5.43. The van der Waals surface area contributed by atoms with E-state index in [0.717, 1.165) is 6.42 Å². The number of rotatable bonds is 6. The van der Waals surface area contributed by atoms with E-state index in [1.165, 1.54) is 18.4 Å². The van der Waals surface area contributed by atoms with Gasteiger partial charge in [-0.05, 0) is 47.8 Å². The molecule has 3 rings (SSSR count). The van der Waals surface area contributed by atoms with Crippen LogP contribution in [0.3, 0.4) is 0 Å². The van der Waals surface area contributed by atoms with E-state index in [1.807, 2.05) is 0 Å². The summed E-state index contributed by atoms with van der Waals surface area (Å²) in [6.07, 6.45) is 2.20. The van der Waals surface area contributed by atoms with Gasteiger partial charge < -0.3 is 18.8 Å².